The van der Waals surface area contributed by atoms with Crippen molar-refractivity contribution >= 4 is 28.8 Å². The van der Waals surface area contributed by atoms with E-state index < -0.39 is 6.10 Å². The molecule has 1 aromatic heterocycles. The van der Waals surface area contributed by atoms with Gasteiger partial charge in [-0.2, -0.15) is 11.3 Å². The number of ether oxygens (including phenoxy) is 1. The van der Waals surface area contributed by atoms with Crippen molar-refractivity contribution in [1.82, 2.24) is 10.2 Å². The zero-order valence-corrected chi connectivity index (χ0v) is 14.7. The van der Waals surface area contributed by atoms with Crippen molar-refractivity contribution in [3.05, 3.63) is 51.2 Å². The van der Waals surface area contributed by atoms with Gasteiger partial charge in [-0.15, -0.1) is 0 Å². The molecule has 4 nitrogen and oxygen atoms in total. The molecular formula is C17H19ClN2O2S. The number of carbonyl (C=O) groups is 1. The Hall–Kier alpha value is -1.56. The van der Waals surface area contributed by atoms with Crippen molar-refractivity contribution in [1.29, 1.82) is 0 Å². The molecule has 3 rings (SSSR count). The molecule has 2 atom stereocenters. The minimum absolute atomic E-state index is 0.0839. The molecule has 0 fully saturated rings. The lowest BCUT2D eigenvalue weighted by Crippen LogP contribution is -2.41. The van der Waals surface area contributed by atoms with Crippen LogP contribution >= 0.6 is 22.9 Å². The molecule has 0 saturated carbocycles. The number of hydrogen-bond donors (Lipinski definition) is 1. The smallest absolute Gasteiger partial charge is 0.261 e. The molecule has 23 heavy (non-hydrogen) atoms. The molecule has 1 amide bonds. The number of nitrogens with zero attached hydrogens (tertiary/aromatic N) is 1. The quantitative estimate of drug-likeness (QED) is 0.900. The Labute approximate surface area is 145 Å². The van der Waals surface area contributed by atoms with Crippen LogP contribution < -0.4 is 10.1 Å². The first kappa shape index (κ1) is 16.3. The maximum absolute atomic E-state index is 12.4. The number of carbonyl (C=O) groups excluding carboxylic acids is 1. The second kappa shape index (κ2) is 6.91. The van der Waals surface area contributed by atoms with E-state index in [-0.39, 0.29) is 11.9 Å². The maximum atomic E-state index is 12.4. The van der Waals surface area contributed by atoms with Gasteiger partial charge in [0.05, 0.1) is 6.04 Å². The molecule has 0 spiro atoms. The third-order valence-corrected chi connectivity index (χ3v) is 4.95. The van der Waals surface area contributed by atoms with Crippen LogP contribution in [0.2, 0.25) is 5.02 Å². The highest BCUT2D eigenvalue weighted by atomic mass is 35.5. The summed E-state index contributed by atoms with van der Waals surface area (Å²) in [6.07, 6.45) is 0.0843. The zero-order chi connectivity index (χ0) is 16.4. The molecule has 2 aromatic rings. The highest BCUT2D eigenvalue weighted by molar-refractivity contribution is 7.07. The summed E-state index contributed by atoms with van der Waals surface area (Å²) in [6.45, 7) is 0.555. The molecule has 0 bridgehead atoms. The van der Waals surface area contributed by atoms with Gasteiger partial charge in [-0.25, -0.2) is 0 Å². The van der Waals surface area contributed by atoms with Gasteiger partial charge in [0.2, 0.25) is 0 Å². The maximum Gasteiger partial charge on any atom is 0.261 e. The predicted molar refractivity (Wildman–Crippen MR) is 93.3 cm³/mol. The number of hydrogen-bond acceptors (Lipinski definition) is 4. The largest absolute Gasteiger partial charge is 0.480 e. The molecule has 1 aromatic carbocycles. The number of amides is 1. The molecule has 1 aliphatic heterocycles. The number of likely N-dealkylation sites (N-methyl/N-ethyl adjacent to an activating group) is 1. The summed E-state index contributed by atoms with van der Waals surface area (Å²) < 4.78 is 5.72. The van der Waals surface area contributed by atoms with Gasteiger partial charge in [0.1, 0.15) is 5.75 Å². The van der Waals surface area contributed by atoms with E-state index in [1.165, 1.54) is 5.56 Å². The van der Waals surface area contributed by atoms with Crippen LogP contribution in [0, 0.1) is 0 Å². The van der Waals surface area contributed by atoms with Crippen molar-refractivity contribution in [2.45, 2.75) is 18.6 Å². The molecule has 2 unspecified atom stereocenters. The van der Waals surface area contributed by atoms with E-state index in [9.17, 15) is 4.79 Å². The lowest BCUT2D eigenvalue weighted by atomic mass is 10.1. The molecule has 1 aliphatic rings. The number of fused-ring (bicyclic) bond motifs is 1. The molecule has 1 N–H and O–H groups in total. The minimum atomic E-state index is -0.478. The van der Waals surface area contributed by atoms with E-state index in [1.807, 2.05) is 31.6 Å². The first-order valence-electron chi connectivity index (χ1n) is 7.46. The van der Waals surface area contributed by atoms with E-state index in [4.69, 9.17) is 16.3 Å². The Morgan fingerprint density at radius 3 is 3.00 bits per heavy atom. The fourth-order valence-electron chi connectivity index (χ4n) is 2.74. The number of rotatable bonds is 5. The summed E-state index contributed by atoms with van der Waals surface area (Å²) in [5, 5.41) is 7.84. The zero-order valence-electron chi connectivity index (χ0n) is 13.1. The SMILES string of the molecule is CN(C)C(CNC(=O)C1Cc2cc(Cl)ccc2O1)c1ccsc1. The van der Waals surface area contributed by atoms with Crippen LogP contribution in [0.5, 0.6) is 5.75 Å². The van der Waals surface area contributed by atoms with Crippen molar-refractivity contribution in [2.24, 2.45) is 0 Å². The van der Waals surface area contributed by atoms with Gasteiger partial charge in [0.15, 0.2) is 6.10 Å². The molecule has 0 saturated heterocycles. The van der Waals surface area contributed by atoms with Crippen molar-refractivity contribution in [3.63, 3.8) is 0 Å². The molecular weight excluding hydrogens is 332 g/mol. The van der Waals surface area contributed by atoms with Gasteiger partial charge >= 0.3 is 0 Å². The lowest BCUT2D eigenvalue weighted by Gasteiger charge is -2.24. The van der Waals surface area contributed by atoms with Crippen LogP contribution in [0.4, 0.5) is 0 Å². The monoisotopic (exact) mass is 350 g/mol. The van der Waals surface area contributed by atoms with Gasteiger partial charge in [-0.05, 0) is 60.2 Å². The Kier molecular flexibility index (Phi) is 4.90. The lowest BCUT2D eigenvalue weighted by molar-refractivity contribution is -0.127. The molecule has 2 heterocycles. The Bertz CT molecular complexity index is 688. The summed E-state index contributed by atoms with van der Waals surface area (Å²) >= 11 is 7.65. The second-order valence-corrected chi connectivity index (χ2v) is 7.06. The Balaban J connectivity index is 1.60. The topological polar surface area (TPSA) is 41.6 Å². The van der Waals surface area contributed by atoms with Gasteiger partial charge in [-0.3, -0.25) is 4.79 Å². The highest BCUT2D eigenvalue weighted by Gasteiger charge is 2.29. The third kappa shape index (κ3) is 3.68. The number of benzene rings is 1. The minimum Gasteiger partial charge on any atom is -0.480 e. The fraction of sp³-hybridized carbons (Fsp3) is 0.353. The third-order valence-electron chi connectivity index (χ3n) is 4.01. The van der Waals surface area contributed by atoms with Crippen LogP contribution in [0.3, 0.4) is 0 Å². The van der Waals surface area contributed by atoms with Crippen LogP contribution in [0.1, 0.15) is 17.2 Å². The summed E-state index contributed by atoms with van der Waals surface area (Å²) in [5.74, 6) is 0.663. The van der Waals surface area contributed by atoms with E-state index >= 15 is 0 Å². The van der Waals surface area contributed by atoms with Gasteiger partial charge in [0.25, 0.3) is 5.91 Å². The first-order valence-corrected chi connectivity index (χ1v) is 8.78. The number of nitrogens with one attached hydrogen (secondary N) is 1. The highest BCUT2D eigenvalue weighted by Crippen LogP contribution is 2.31. The number of thiophene rings is 1. The van der Waals surface area contributed by atoms with Crippen LogP contribution in [-0.4, -0.2) is 37.6 Å². The standard InChI is InChI=1S/C17H19ClN2O2S/c1-20(2)14(11-5-6-23-10-11)9-19-17(21)16-8-12-7-13(18)3-4-15(12)22-16/h3-7,10,14,16H,8-9H2,1-2H3,(H,19,21). The normalized spacial score (nSPS) is 17.7. The average molecular weight is 351 g/mol. The van der Waals surface area contributed by atoms with Gasteiger partial charge in [-0.1, -0.05) is 11.6 Å². The summed E-state index contributed by atoms with van der Waals surface area (Å²) in [6, 6.07) is 7.70. The molecule has 6 heteroatoms. The van der Waals surface area contributed by atoms with E-state index in [2.05, 4.69) is 21.7 Å². The van der Waals surface area contributed by atoms with E-state index in [1.54, 1.807) is 17.4 Å². The Morgan fingerprint density at radius 1 is 1.48 bits per heavy atom. The predicted octanol–water partition coefficient (Wildman–Crippen LogP) is 3.12. The van der Waals surface area contributed by atoms with Gasteiger partial charge in [0, 0.05) is 18.0 Å². The van der Waals surface area contributed by atoms with E-state index in [0.29, 0.717) is 18.0 Å². The van der Waals surface area contributed by atoms with Crippen molar-refractivity contribution in [3.8, 4) is 5.75 Å². The van der Waals surface area contributed by atoms with Crippen molar-refractivity contribution < 1.29 is 9.53 Å². The van der Waals surface area contributed by atoms with Gasteiger partial charge < -0.3 is 15.0 Å². The summed E-state index contributed by atoms with van der Waals surface area (Å²) in [7, 11) is 4.02. The average Bonchev–Trinajstić information content (AvgIpc) is 3.15. The second-order valence-electron chi connectivity index (χ2n) is 5.84. The van der Waals surface area contributed by atoms with Crippen LogP contribution in [0.25, 0.3) is 0 Å². The van der Waals surface area contributed by atoms with Crippen molar-refractivity contribution in [2.75, 3.05) is 20.6 Å². The Morgan fingerprint density at radius 2 is 2.30 bits per heavy atom. The summed E-state index contributed by atoms with van der Waals surface area (Å²) in [4.78, 5) is 14.5. The fourth-order valence-corrected chi connectivity index (χ4v) is 3.64. The molecule has 122 valence electrons. The van der Waals surface area contributed by atoms with Crippen LogP contribution in [-0.2, 0) is 11.2 Å². The molecule has 0 radical (unpaired) electrons. The van der Waals surface area contributed by atoms with Crippen LogP contribution in [0.15, 0.2) is 35.0 Å². The summed E-state index contributed by atoms with van der Waals surface area (Å²) in [5.41, 5.74) is 2.20. The van der Waals surface area contributed by atoms with E-state index in [0.717, 1.165) is 11.3 Å². The number of halogens is 1. The first-order chi connectivity index (χ1) is 11.0. The molecule has 0 aliphatic carbocycles.